The number of carbonyl (C=O) groups excluding carboxylic acids is 1. The summed E-state index contributed by atoms with van der Waals surface area (Å²) in [6, 6.07) is 21.9. The van der Waals surface area contributed by atoms with Crippen molar-refractivity contribution in [3.05, 3.63) is 95.8 Å². The van der Waals surface area contributed by atoms with Gasteiger partial charge in [-0.3, -0.25) is 9.69 Å². The standard InChI is InChI=1S/C45H53N7O5S/c1-28(2)34-8-5-6-9-35(34)38-10-7-17-52(38)31-24-45(25-31)14-18-51(19-15-45)30-11-12-36(39(21-30)56-32-20-29-13-16-47-42(29)48-26-32)43(53)50-58(54,55)33-22-37(46)41-40(23-33)57-44(3,4)27-49-41/h5-6,8-9,11-13,16,20-23,26,28,31,38,49H,7,10,14-15,17-19,24-25,27,46H2,1-4H3,(H,47,48)(H,50,53)/t38-/m0/s1. The molecule has 3 aromatic carbocycles. The molecule has 1 aliphatic carbocycles. The summed E-state index contributed by atoms with van der Waals surface area (Å²) in [6.07, 6.45) is 10.5. The molecule has 9 rings (SSSR count). The third kappa shape index (κ3) is 7.23. The van der Waals surface area contributed by atoms with Gasteiger partial charge in [0.2, 0.25) is 0 Å². The number of piperidine rings is 1. The molecule has 2 aromatic heterocycles. The number of carbonyl (C=O) groups is 1. The summed E-state index contributed by atoms with van der Waals surface area (Å²) >= 11 is 0. The van der Waals surface area contributed by atoms with E-state index < -0.39 is 21.5 Å². The van der Waals surface area contributed by atoms with E-state index in [4.69, 9.17) is 15.2 Å². The number of sulfonamides is 1. The first kappa shape index (κ1) is 38.3. The number of amides is 1. The van der Waals surface area contributed by atoms with Crippen LogP contribution in [0, 0.1) is 5.41 Å². The lowest BCUT2D eigenvalue weighted by molar-refractivity contribution is -0.0227. The maximum atomic E-state index is 13.9. The monoisotopic (exact) mass is 803 g/mol. The molecule has 5 aromatic rings. The molecule has 1 atom stereocenters. The van der Waals surface area contributed by atoms with Gasteiger partial charge in [0.25, 0.3) is 15.9 Å². The van der Waals surface area contributed by atoms with Crippen molar-refractivity contribution in [1.29, 1.82) is 0 Å². The molecule has 4 aliphatic rings. The highest BCUT2D eigenvalue weighted by atomic mass is 32.2. The maximum Gasteiger partial charge on any atom is 0.268 e. The van der Waals surface area contributed by atoms with Crippen LogP contribution in [-0.2, 0) is 10.0 Å². The number of likely N-dealkylation sites (tertiary alicyclic amines) is 1. The van der Waals surface area contributed by atoms with Crippen molar-refractivity contribution in [2.75, 3.05) is 42.1 Å². The van der Waals surface area contributed by atoms with Gasteiger partial charge in [-0.1, -0.05) is 38.1 Å². The number of fused-ring (bicyclic) bond motifs is 2. The number of hydrogen-bond donors (Lipinski definition) is 4. The van der Waals surface area contributed by atoms with Crippen LogP contribution in [0.2, 0.25) is 0 Å². The Hall–Kier alpha value is -5.27. The number of aromatic nitrogens is 2. The number of anilines is 3. The first-order valence-corrected chi connectivity index (χ1v) is 22.0. The Morgan fingerprint density at radius 3 is 2.62 bits per heavy atom. The molecule has 12 nitrogen and oxygen atoms in total. The molecule has 304 valence electrons. The van der Waals surface area contributed by atoms with Crippen molar-refractivity contribution in [3.8, 4) is 17.2 Å². The largest absolute Gasteiger partial charge is 0.484 e. The molecule has 2 saturated heterocycles. The molecule has 1 saturated carbocycles. The van der Waals surface area contributed by atoms with Gasteiger partial charge in [0.05, 0.1) is 28.9 Å². The normalized spacial score (nSPS) is 20.4. The van der Waals surface area contributed by atoms with E-state index in [0.29, 0.717) is 52.8 Å². The molecule has 5 heterocycles. The average Bonchev–Trinajstić information content (AvgIpc) is 3.86. The number of nitrogen functional groups attached to an aromatic ring is 1. The van der Waals surface area contributed by atoms with E-state index in [1.807, 2.05) is 38.1 Å². The highest BCUT2D eigenvalue weighted by molar-refractivity contribution is 7.90. The van der Waals surface area contributed by atoms with Crippen molar-refractivity contribution in [3.63, 3.8) is 0 Å². The van der Waals surface area contributed by atoms with E-state index in [9.17, 15) is 13.2 Å². The minimum absolute atomic E-state index is 0.0704. The number of pyridine rings is 1. The molecular weight excluding hydrogens is 751 g/mol. The highest BCUT2D eigenvalue weighted by Crippen LogP contribution is 2.54. The van der Waals surface area contributed by atoms with Crippen molar-refractivity contribution in [2.24, 2.45) is 5.41 Å². The van der Waals surface area contributed by atoms with Crippen LogP contribution in [-0.4, -0.2) is 67.0 Å². The van der Waals surface area contributed by atoms with E-state index in [1.54, 1.807) is 18.5 Å². The molecule has 0 radical (unpaired) electrons. The number of benzene rings is 3. The highest BCUT2D eigenvalue weighted by Gasteiger charge is 2.50. The van der Waals surface area contributed by atoms with E-state index in [-0.39, 0.29) is 21.9 Å². The molecule has 58 heavy (non-hydrogen) atoms. The third-order valence-corrected chi connectivity index (χ3v) is 14.1. The molecule has 13 heteroatoms. The molecule has 1 amide bonds. The predicted molar refractivity (Wildman–Crippen MR) is 227 cm³/mol. The van der Waals surface area contributed by atoms with E-state index >= 15 is 0 Å². The zero-order valence-corrected chi connectivity index (χ0v) is 34.5. The van der Waals surface area contributed by atoms with Crippen molar-refractivity contribution in [1.82, 2.24) is 19.6 Å². The first-order chi connectivity index (χ1) is 27.8. The first-order valence-electron chi connectivity index (χ1n) is 20.5. The van der Waals surface area contributed by atoms with Crippen LogP contribution in [0.4, 0.5) is 17.1 Å². The summed E-state index contributed by atoms with van der Waals surface area (Å²) in [5.41, 5.74) is 11.4. The van der Waals surface area contributed by atoms with Gasteiger partial charge >= 0.3 is 0 Å². The topological polar surface area (TPSA) is 155 Å². The summed E-state index contributed by atoms with van der Waals surface area (Å²) < 4.78 is 42.1. The number of hydrogen-bond acceptors (Lipinski definition) is 10. The lowest BCUT2D eigenvalue weighted by Gasteiger charge is -2.56. The van der Waals surface area contributed by atoms with Crippen molar-refractivity contribution < 1.29 is 22.7 Å². The van der Waals surface area contributed by atoms with Crippen LogP contribution < -0.4 is 30.1 Å². The smallest absolute Gasteiger partial charge is 0.268 e. The summed E-state index contributed by atoms with van der Waals surface area (Å²) in [4.78, 5) is 26.4. The fraction of sp³-hybridized carbons (Fsp3) is 0.422. The number of ether oxygens (including phenoxy) is 2. The Morgan fingerprint density at radius 1 is 1.03 bits per heavy atom. The van der Waals surface area contributed by atoms with Gasteiger partial charge in [-0.05, 0) is 112 Å². The van der Waals surface area contributed by atoms with Crippen LogP contribution in [0.15, 0.2) is 84.0 Å². The minimum Gasteiger partial charge on any atom is -0.484 e. The summed E-state index contributed by atoms with van der Waals surface area (Å²) in [5.74, 6) is 0.635. The van der Waals surface area contributed by atoms with Crippen molar-refractivity contribution in [2.45, 2.75) is 94.7 Å². The second-order valence-corrected chi connectivity index (χ2v) is 19.3. The molecule has 0 bridgehead atoms. The van der Waals surface area contributed by atoms with Crippen LogP contribution in [0.3, 0.4) is 0 Å². The van der Waals surface area contributed by atoms with Gasteiger partial charge in [0.15, 0.2) is 0 Å². The number of aromatic amines is 1. The Labute approximate surface area is 340 Å². The maximum absolute atomic E-state index is 13.9. The van der Waals surface area contributed by atoms with Crippen LogP contribution in [0.5, 0.6) is 17.2 Å². The lowest BCUT2D eigenvalue weighted by atomic mass is 9.59. The quantitative estimate of drug-likeness (QED) is 0.107. The van der Waals surface area contributed by atoms with Crippen LogP contribution in [0.25, 0.3) is 11.0 Å². The van der Waals surface area contributed by atoms with Gasteiger partial charge < -0.3 is 30.4 Å². The molecule has 3 fully saturated rings. The van der Waals surface area contributed by atoms with Gasteiger partial charge in [-0.25, -0.2) is 18.1 Å². The van der Waals surface area contributed by atoms with Crippen LogP contribution in [0.1, 0.15) is 99.7 Å². The molecule has 1 spiro atoms. The fourth-order valence-electron chi connectivity index (χ4n) is 9.71. The van der Waals surface area contributed by atoms with E-state index in [0.717, 1.165) is 37.0 Å². The molecule has 0 unspecified atom stereocenters. The fourth-order valence-corrected chi connectivity index (χ4v) is 10.7. The minimum atomic E-state index is -4.36. The van der Waals surface area contributed by atoms with E-state index in [1.165, 1.54) is 55.5 Å². The van der Waals surface area contributed by atoms with Gasteiger partial charge in [-0.2, -0.15) is 0 Å². The van der Waals surface area contributed by atoms with Gasteiger partial charge in [-0.15, -0.1) is 0 Å². The Morgan fingerprint density at radius 2 is 1.83 bits per heavy atom. The lowest BCUT2D eigenvalue weighted by Crippen LogP contribution is -2.54. The second-order valence-electron chi connectivity index (χ2n) is 17.6. The number of nitrogens with zero attached hydrogens (tertiary/aromatic N) is 3. The second kappa shape index (κ2) is 14.5. The number of rotatable bonds is 9. The number of nitrogens with one attached hydrogen (secondary N) is 3. The average molecular weight is 804 g/mol. The Balaban J connectivity index is 0.924. The number of nitrogens with two attached hydrogens (primary N) is 1. The third-order valence-electron chi connectivity index (χ3n) is 12.8. The number of H-pyrrole nitrogens is 1. The molecule has 5 N–H and O–H groups in total. The summed E-state index contributed by atoms with van der Waals surface area (Å²) in [6.45, 7) is 11.8. The summed E-state index contributed by atoms with van der Waals surface area (Å²) in [7, 11) is -4.36. The summed E-state index contributed by atoms with van der Waals surface area (Å²) in [5, 5.41) is 4.06. The zero-order chi connectivity index (χ0) is 40.4. The van der Waals surface area contributed by atoms with Crippen LogP contribution >= 0.6 is 0 Å². The Bertz CT molecular complexity index is 2480. The van der Waals surface area contributed by atoms with Gasteiger partial charge in [0, 0.05) is 54.6 Å². The van der Waals surface area contributed by atoms with E-state index in [2.05, 4.69) is 67.9 Å². The molecule has 3 aliphatic heterocycles. The SMILES string of the molecule is CC(C)c1ccccc1[C@@H]1CCCN1C1CC2(CCN(c3ccc(C(=O)NS(=O)(=O)c4cc(N)c5c(c4)OC(C)(C)CN5)c(Oc4cnc5[nH]ccc5c4)c3)CC2)C1. The molecular formula is C45H53N7O5S. The van der Waals surface area contributed by atoms with Crippen molar-refractivity contribution >= 4 is 44.0 Å². The Kier molecular flexibility index (Phi) is 9.58. The zero-order valence-electron chi connectivity index (χ0n) is 33.7. The predicted octanol–water partition coefficient (Wildman–Crippen LogP) is 8.35. The van der Waals surface area contributed by atoms with Gasteiger partial charge in [0.1, 0.15) is 34.2 Å².